The highest BCUT2D eigenvalue weighted by atomic mass is 16.6. The normalized spacial score (nSPS) is 32.9. The van der Waals surface area contributed by atoms with E-state index in [1.807, 2.05) is 25.7 Å². The van der Waals surface area contributed by atoms with Crippen LogP contribution in [0.25, 0.3) is 0 Å². The second kappa shape index (κ2) is 5.08. The van der Waals surface area contributed by atoms with Crippen molar-refractivity contribution in [2.45, 2.75) is 58.2 Å². The molecule has 2 aliphatic rings. The number of hydrogen-bond acceptors (Lipinski definition) is 3. The molecule has 18 heavy (non-hydrogen) atoms. The van der Waals surface area contributed by atoms with Crippen LogP contribution in [0, 0.1) is 11.8 Å². The van der Waals surface area contributed by atoms with Gasteiger partial charge in [0.05, 0.1) is 6.10 Å². The first-order valence-corrected chi connectivity index (χ1v) is 7.01. The average molecular weight is 255 g/mol. The van der Waals surface area contributed by atoms with Gasteiger partial charge in [-0.2, -0.15) is 0 Å². The highest BCUT2D eigenvalue weighted by molar-refractivity contribution is 5.68. The Labute approximate surface area is 109 Å². The first kappa shape index (κ1) is 13.7. The minimum Gasteiger partial charge on any atom is -0.444 e. The van der Waals surface area contributed by atoms with E-state index in [4.69, 9.17) is 4.74 Å². The minimum absolute atomic E-state index is 0.126. The predicted octanol–water partition coefficient (Wildman–Crippen LogP) is 2.40. The summed E-state index contributed by atoms with van der Waals surface area (Å²) in [5.41, 5.74) is -0.420. The number of fused-ring (bicyclic) bond motifs is 1. The molecule has 4 nitrogen and oxygen atoms in total. The molecule has 1 saturated heterocycles. The Morgan fingerprint density at radius 3 is 2.61 bits per heavy atom. The second-order valence-corrected chi connectivity index (χ2v) is 6.70. The lowest BCUT2D eigenvalue weighted by Crippen LogP contribution is -2.47. The summed E-state index contributed by atoms with van der Waals surface area (Å²) in [6.45, 7) is 7.26. The van der Waals surface area contributed by atoms with Crippen LogP contribution in [0.2, 0.25) is 0 Å². The van der Waals surface area contributed by atoms with E-state index in [2.05, 4.69) is 0 Å². The van der Waals surface area contributed by atoms with Gasteiger partial charge in [-0.3, -0.25) is 0 Å². The highest BCUT2D eigenvalue weighted by Crippen LogP contribution is 2.36. The van der Waals surface area contributed by atoms with Gasteiger partial charge in [0.15, 0.2) is 0 Å². The third-order valence-corrected chi connectivity index (χ3v) is 3.99. The molecule has 0 aromatic heterocycles. The van der Waals surface area contributed by atoms with Crippen molar-refractivity contribution in [2.24, 2.45) is 11.8 Å². The fourth-order valence-electron chi connectivity index (χ4n) is 3.08. The number of carbonyl (C=O) groups is 1. The predicted molar refractivity (Wildman–Crippen MR) is 69.3 cm³/mol. The molecule has 0 unspecified atom stereocenters. The Balaban J connectivity index is 1.89. The van der Waals surface area contributed by atoms with Crippen LogP contribution < -0.4 is 0 Å². The van der Waals surface area contributed by atoms with Gasteiger partial charge in [0.1, 0.15) is 5.60 Å². The van der Waals surface area contributed by atoms with E-state index in [1.54, 1.807) is 0 Å². The Morgan fingerprint density at radius 1 is 1.22 bits per heavy atom. The van der Waals surface area contributed by atoms with Gasteiger partial charge in [-0.15, -0.1) is 0 Å². The molecule has 0 bridgehead atoms. The van der Waals surface area contributed by atoms with Crippen LogP contribution in [0.4, 0.5) is 4.79 Å². The van der Waals surface area contributed by atoms with Crippen molar-refractivity contribution in [1.29, 1.82) is 0 Å². The molecule has 0 aromatic rings. The molecule has 4 heteroatoms. The third-order valence-electron chi connectivity index (χ3n) is 3.99. The molecule has 1 N–H and O–H groups in total. The summed E-state index contributed by atoms with van der Waals surface area (Å²) >= 11 is 0. The molecule has 1 heterocycles. The molecule has 0 aromatic carbocycles. The van der Waals surface area contributed by atoms with E-state index in [0.29, 0.717) is 11.8 Å². The maximum Gasteiger partial charge on any atom is 0.410 e. The molecular weight excluding hydrogens is 230 g/mol. The van der Waals surface area contributed by atoms with Crippen molar-refractivity contribution in [3.8, 4) is 0 Å². The van der Waals surface area contributed by atoms with Crippen LogP contribution in [-0.4, -0.2) is 40.9 Å². The molecule has 2 rings (SSSR count). The quantitative estimate of drug-likeness (QED) is 0.723. The summed E-state index contributed by atoms with van der Waals surface area (Å²) in [7, 11) is 0. The number of ether oxygens (including phenoxy) is 1. The van der Waals surface area contributed by atoms with Crippen LogP contribution in [0.3, 0.4) is 0 Å². The Morgan fingerprint density at radius 2 is 1.94 bits per heavy atom. The van der Waals surface area contributed by atoms with Gasteiger partial charge >= 0.3 is 6.09 Å². The van der Waals surface area contributed by atoms with Crippen molar-refractivity contribution >= 4 is 6.09 Å². The SMILES string of the molecule is CC(C)(C)OC(=O)N1CC[C@@H]2C[C@@H](O)CC[C@@H]2C1. The molecule has 1 aliphatic carbocycles. The maximum absolute atomic E-state index is 12.0. The van der Waals surface area contributed by atoms with Gasteiger partial charge in [0.25, 0.3) is 0 Å². The largest absolute Gasteiger partial charge is 0.444 e. The smallest absolute Gasteiger partial charge is 0.410 e. The number of nitrogens with zero attached hydrogens (tertiary/aromatic N) is 1. The standard InChI is InChI=1S/C14H25NO3/c1-14(2,3)18-13(17)15-7-6-10-8-12(16)5-4-11(10)9-15/h10-12,16H,4-9H2,1-3H3/t10-,11-,12+/m1/s1. The molecule has 2 fully saturated rings. The van der Waals surface area contributed by atoms with Crippen LogP contribution in [0.5, 0.6) is 0 Å². The first-order chi connectivity index (χ1) is 8.35. The van der Waals surface area contributed by atoms with E-state index in [9.17, 15) is 9.90 Å². The summed E-state index contributed by atoms with van der Waals surface area (Å²) in [4.78, 5) is 13.8. The van der Waals surface area contributed by atoms with Crippen molar-refractivity contribution < 1.29 is 14.6 Å². The molecule has 1 amide bonds. The fraction of sp³-hybridized carbons (Fsp3) is 0.929. The van der Waals surface area contributed by atoms with Gasteiger partial charge in [0, 0.05) is 13.1 Å². The zero-order valence-corrected chi connectivity index (χ0v) is 11.7. The number of piperidine rings is 1. The lowest BCUT2D eigenvalue weighted by Gasteiger charge is -2.42. The summed E-state index contributed by atoms with van der Waals surface area (Å²) in [5, 5.41) is 9.67. The summed E-state index contributed by atoms with van der Waals surface area (Å²) in [6, 6.07) is 0. The summed E-state index contributed by atoms with van der Waals surface area (Å²) in [5.74, 6) is 1.14. The molecule has 0 radical (unpaired) electrons. The lowest BCUT2D eigenvalue weighted by atomic mass is 9.74. The van der Waals surface area contributed by atoms with Gasteiger partial charge < -0.3 is 14.7 Å². The Kier molecular flexibility index (Phi) is 3.85. The van der Waals surface area contributed by atoms with Crippen molar-refractivity contribution in [3.05, 3.63) is 0 Å². The van der Waals surface area contributed by atoms with Crippen molar-refractivity contribution in [2.75, 3.05) is 13.1 Å². The maximum atomic E-state index is 12.0. The lowest BCUT2D eigenvalue weighted by molar-refractivity contribution is -0.00835. The number of likely N-dealkylation sites (tertiary alicyclic amines) is 1. The van der Waals surface area contributed by atoms with Crippen LogP contribution in [0.1, 0.15) is 46.5 Å². The zero-order valence-electron chi connectivity index (χ0n) is 11.7. The average Bonchev–Trinajstić information content (AvgIpc) is 2.26. The van der Waals surface area contributed by atoms with Crippen molar-refractivity contribution in [1.82, 2.24) is 4.90 Å². The molecular formula is C14H25NO3. The molecule has 1 aliphatic heterocycles. The number of hydrogen-bond donors (Lipinski definition) is 1. The van der Waals surface area contributed by atoms with Gasteiger partial charge in [0.2, 0.25) is 0 Å². The summed E-state index contributed by atoms with van der Waals surface area (Å²) in [6.07, 6.45) is 3.51. The monoisotopic (exact) mass is 255 g/mol. The van der Waals surface area contributed by atoms with E-state index in [0.717, 1.165) is 38.8 Å². The van der Waals surface area contributed by atoms with E-state index >= 15 is 0 Å². The van der Waals surface area contributed by atoms with Crippen molar-refractivity contribution in [3.63, 3.8) is 0 Å². The van der Waals surface area contributed by atoms with E-state index in [1.165, 1.54) is 0 Å². The van der Waals surface area contributed by atoms with Gasteiger partial charge in [-0.05, 0) is 58.3 Å². The topological polar surface area (TPSA) is 49.8 Å². The first-order valence-electron chi connectivity index (χ1n) is 7.01. The van der Waals surface area contributed by atoms with E-state index in [-0.39, 0.29) is 12.2 Å². The van der Waals surface area contributed by atoms with Gasteiger partial charge in [-0.25, -0.2) is 4.79 Å². The second-order valence-electron chi connectivity index (χ2n) is 6.70. The van der Waals surface area contributed by atoms with Gasteiger partial charge in [-0.1, -0.05) is 0 Å². The van der Waals surface area contributed by atoms with Crippen LogP contribution in [-0.2, 0) is 4.74 Å². The number of rotatable bonds is 0. The van der Waals surface area contributed by atoms with Crippen LogP contribution in [0.15, 0.2) is 0 Å². The Hall–Kier alpha value is -0.770. The molecule has 0 spiro atoms. The number of aliphatic hydroxyl groups excluding tert-OH is 1. The number of carbonyl (C=O) groups excluding carboxylic acids is 1. The third kappa shape index (κ3) is 3.37. The zero-order chi connectivity index (χ0) is 13.3. The summed E-state index contributed by atoms with van der Waals surface area (Å²) < 4.78 is 5.42. The fourth-order valence-corrected chi connectivity index (χ4v) is 3.08. The Bertz CT molecular complexity index is 311. The molecule has 104 valence electrons. The highest BCUT2D eigenvalue weighted by Gasteiger charge is 2.36. The molecule has 1 saturated carbocycles. The minimum atomic E-state index is -0.420. The van der Waals surface area contributed by atoms with E-state index < -0.39 is 5.60 Å². The van der Waals surface area contributed by atoms with Crippen LogP contribution >= 0.6 is 0 Å². The number of aliphatic hydroxyl groups is 1. The number of amides is 1. The molecule has 3 atom stereocenters.